The summed E-state index contributed by atoms with van der Waals surface area (Å²) in [6.07, 6.45) is 1.40. The number of rotatable bonds is 8. The Bertz CT molecular complexity index is 1410. The molecule has 2 aliphatic heterocycles. The first-order valence-corrected chi connectivity index (χ1v) is 14.5. The highest BCUT2D eigenvalue weighted by Crippen LogP contribution is 2.29. The van der Waals surface area contributed by atoms with Gasteiger partial charge in [-0.15, -0.1) is 0 Å². The summed E-state index contributed by atoms with van der Waals surface area (Å²) in [7, 11) is 0. The average molecular weight is 567 g/mol. The van der Waals surface area contributed by atoms with Gasteiger partial charge in [-0.1, -0.05) is 42.5 Å². The Labute approximate surface area is 239 Å². The molecular formula is C31H39FN4O5. The Morgan fingerprint density at radius 1 is 1.07 bits per heavy atom. The van der Waals surface area contributed by atoms with Gasteiger partial charge in [-0.25, -0.2) is 23.3 Å². The molecule has 2 atom stereocenters. The number of amides is 1. The fourth-order valence-corrected chi connectivity index (χ4v) is 5.87. The molecule has 1 N–H and O–H groups in total. The third-order valence-corrected chi connectivity index (χ3v) is 8.20. The smallest absolute Gasteiger partial charge is 0.337 e. The van der Waals surface area contributed by atoms with E-state index >= 15 is 4.39 Å². The van der Waals surface area contributed by atoms with Gasteiger partial charge in [-0.2, -0.15) is 0 Å². The number of hydrogen-bond acceptors (Lipinski definition) is 6. The van der Waals surface area contributed by atoms with Gasteiger partial charge in [0, 0.05) is 32.3 Å². The molecule has 3 heterocycles. The van der Waals surface area contributed by atoms with E-state index in [-0.39, 0.29) is 43.9 Å². The maximum absolute atomic E-state index is 15.7. The van der Waals surface area contributed by atoms with Gasteiger partial charge in [-0.3, -0.25) is 4.57 Å². The number of carbonyl (C=O) groups is 2. The van der Waals surface area contributed by atoms with Crippen molar-refractivity contribution >= 4 is 23.0 Å². The van der Waals surface area contributed by atoms with Gasteiger partial charge in [-0.05, 0) is 63.1 Å². The molecule has 2 unspecified atom stereocenters. The molecule has 2 aliphatic rings. The molecule has 1 aromatic heterocycles. The number of carbonyl (C=O) groups excluding carboxylic acids is 2. The van der Waals surface area contributed by atoms with E-state index in [9.17, 15) is 14.4 Å². The number of hydrogen-bond donors (Lipinski definition) is 1. The molecule has 2 fully saturated rings. The first-order valence-electron chi connectivity index (χ1n) is 14.5. The van der Waals surface area contributed by atoms with E-state index in [0.29, 0.717) is 37.2 Å². The van der Waals surface area contributed by atoms with E-state index in [0.717, 1.165) is 23.1 Å². The third kappa shape index (κ3) is 6.70. The number of benzene rings is 2. The standard InChI is InChI=1S/C31H39FN4O5/c1-22(2)35-25-10-6-7-11-26(25)36(30(35)39)29(38)33-21-31(32)13-15-34(16-14-31)19-24-12-17-40-27(18-24)28(37)41-20-23-8-4-3-5-9-23/h3-11,22,24,27H,12-21H2,1-2H3,(H,33,38). The topological polar surface area (TPSA) is 94.8 Å². The maximum Gasteiger partial charge on any atom is 0.337 e. The van der Waals surface area contributed by atoms with Crippen molar-refractivity contribution in [1.29, 1.82) is 0 Å². The van der Waals surface area contributed by atoms with Crippen molar-refractivity contribution in [2.75, 3.05) is 32.8 Å². The number of aromatic nitrogens is 2. The number of fused-ring (bicyclic) bond motifs is 1. The minimum Gasteiger partial charge on any atom is -0.459 e. The number of nitrogens with one attached hydrogen (secondary N) is 1. The van der Waals surface area contributed by atoms with Crippen LogP contribution in [-0.4, -0.2) is 70.6 Å². The Morgan fingerprint density at radius 3 is 2.46 bits per heavy atom. The molecule has 220 valence electrons. The average Bonchev–Trinajstić information content (AvgIpc) is 3.28. The van der Waals surface area contributed by atoms with Gasteiger partial charge >= 0.3 is 17.7 Å². The summed E-state index contributed by atoms with van der Waals surface area (Å²) < 4.78 is 29.6. The quantitative estimate of drug-likeness (QED) is 0.409. The molecule has 0 bridgehead atoms. The van der Waals surface area contributed by atoms with Crippen LogP contribution in [0.4, 0.5) is 9.18 Å². The molecule has 0 radical (unpaired) electrons. The fraction of sp³-hybridized carbons (Fsp3) is 0.516. The monoisotopic (exact) mass is 566 g/mol. The van der Waals surface area contributed by atoms with Crippen LogP contribution in [0.15, 0.2) is 59.4 Å². The molecule has 0 saturated carbocycles. The zero-order chi connectivity index (χ0) is 29.0. The van der Waals surface area contributed by atoms with Crippen LogP contribution < -0.4 is 11.0 Å². The molecule has 2 saturated heterocycles. The summed E-state index contributed by atoms with van der Waals surface area (Å²) in [5.74, 6) is -0.0821. The van der Waals surface area contributed by atoms with E-state index < -0.39 is 23.5 Å². The second-order valence-electron chi connectivity index (χ2n) is 11.5. The molecule has 0 aliphatic carbocycles. The van der Waals surface area contributed by atoms with Crippen molar-refractivity contribution < 1.29 is 23.5 Å². The van der Waals surface area contributed by atoms with Crippen molar-refractivity contribution in [2.24, 2.45) is 5.92 Å². The number of halogens is 1. The zero-order valence-corrected chi connectivity index (χ0v) is 23.8. The van der Waals surface area contributed by atoms with Gasteiger partial charge in [0.25, 0.3) is 0 Å². The van der Waals surface area contributed by atoms with Crippen LogP contribution in [0, 0.1) is 5.92 Å². The maximum atomic E-state index is 15.7. The second kappa shape index (κ2) is 12.6. The number of piperidine rings is 1. The lowest BCUT2D eigenvalue weighted by molar-refractivity contribution is -0.163. The summed E-state index contributed by atoms with van der Waals surface area (Å²) in [5, 5.41) is 2.68. The lowest BCUT2D eigenvalue weighted by atomic mass is 9.90. The van der Waals surface area contributed by atoms with Crippen molar-refractivity contribution in [1.82, 2.24) is 19.4 Å². The van der Waals surface area contributed by atoms with Crippen LogP contribution in [0.3, 0.4) is 0 Å². The number of likely N-dealkylation sites (tertiary alicyclic amines) is 1. The SMILES string of the molecule is CC(C)n1c(=O)n(C(=O)NCC2(F)CCN(CC3CCOC(C(=O)OCc4ccccc4)C3)CC2)c2ccccc21. The van der Waals surface area contributed by atoms with Crippen molar-refractivity contribution in [3.8, 4) is 0 Å². The summed E-state index contributed by atoms with van der Waals surface area (Å²) in [6.45, 7) is 6.21. The van der Waals surface area contributed by atoms with E-state index in [4.69, 9.17) is 9.47 Å². The molecule has 5 rings (SSSR count). The number of alkyl halides is 1. The van der Waals surface area contributed by atoms with Gasteiger partial charge in [0.15, 0.2) is 6.10 Å². The Morgan fingerprint density at radius 2 is 1.76 bits per heavy atom. The summed E-state index contributed by atoms with van der Waals surface area (Å²) >= 11 is 0. The summed E-state index contributed by atoms with van der Waals surface area (Å²) in [4.78, 5) is 40.9. The summed E-state index contributed by atoms with van der Waals surface area (Å²) in [6, 6.07) is 15.9. The minimum absolute atomic E-state index is 0.121. The number of esters is 1. The van der Waals surface area contributed by atoms with Crippen molar-refractivity contribution in [3.63, 3.8) is 0 Å². The predicted molar refractivity (Wildman–Crippen MR) is 154 cm³/mol. The highest BCUT2D eigenvalue weighted by molar-refractivity contribution is 5.89. The van der Waals surface area contributed by atoms with Crippen LogP contribution in [0.1, 0.15) is 51.1 Å². The van der Waals surface area contributed by atoms with Crippen molar-refractivity contribution in [3.05, 3.63) is 70.6 Å². The first-order chi connectivity index (χ1) is 19.7. The number of para-hydroxylation sites is 2. The highest BCUT2D eigenvalue weighted by atomic mass is 19.1. The van der Waals surface area contributed by atoms with Gasteiger partial charge < -0.3 is 19.7 Å². The molecule has 9 nitrogen and oxygen atoms in total. The van der Waals surface area contributed by atoms with Gasteiger partial charge in [0.2, 0.25) is 0 Å². The third-order valence-electron chi connectivity index (χ3n) is 8.20. The van der Waals surface area contributed by atoms with Gasteiger partial charge in [0.05, 0.1) is 17.6 Å². The minimum atomic E-state index is -1.55. The normalized spacial score (nSPS) is 21.2. The van der Waals surface area contributed by atoms with Crippen LogP contribution in [0.25, 0.3) is 11.0 Å². The number of nitrogens with zero attached hydrogens (tertiary/aromatic N) is 3. The largest absolute Gasteiger partial charge is 0.459 e. The van der Waals surface area contributed by atoms with Crippen LogP contribution in [0.5, 0.6) is 0 Å². The van der Waals surface area contributed by atoms with Crippen LogP contribution in [0.2, 0.25) is 0 Å². The second-order valence-corrected chi connectivity index (χ2v) is 11.5. The summed E-state index contributed by atoms with van der Waals surface area (Å²) in [5.41, 5.74) is 0.129. The van der Waals surface area contributed by atoms with E-state index in [1.165, 1.54) is 0 Å². The van der Waals surface area contributed by atoms with Crippen LogP contribution >= 0.6 is 0 Å². The Balaban J connectivity index is 1.10. The zero-order valence-electron chi connectivity index (χ0n) is 23.8. The lowest BCUT2D eigenvalue weighted by Crippen LogP contribution is -2.50. The van der Waals surface area contributed by atoms with E-state index in [2.05, 4.69) is 10.2 Å². The van der Waals surface area contributed by atoms with E-state index in [1.54, 1.807) is 22.8 Å². The Hall–Kier alpha value is -3.50. The molecule has 2 aromatic carbocycles. The molecular weight excluding hydrogens is 527 g/mol. The lowest BCUT2D eigenvalue weighted by Gasteiger charge is -2.39. The van der Waals surface area contributed by atoms with E-state index in [1.807, 2.05) is 50.2 Å². The molecule has 41 heavy (non-hydrogen) atoms. The van der Waals surface area contributed by atoms with Crippen molar-refractivity contribution in [2.45, 2.75) is 64.0 Å². The molecule has 10 heteroatoms. The predicted octanol–water partition coefficient (Wildman–Crippen LogP) is 4.28. The fourth-order valence-electron chi connectivity index (χ4n) is 5.87. The van der Waals surface area contributed by atoms with Gasteiger partial charge in [0.1, 0.15) is 12.3 Å². The Kier molecular flexibility index (Phi) is 8.89. The first kappa shape index (κ1) is 29.0. The highest BCUT2D eigenvalue weighted by Gasteiger charge is 2.37. The number of ether oxygens (including phenoxy) is 2. The number of imidazole rings is 1. The van der Waals surface area contributed by atoms with Crippen LogP contribution in [-0.2, 0) is 20.9 Å². The molecule has 1 amide bonds. The molecule has 3 aromatic rings. The molecule has 0 spiro atoms.